The van der Waals surface area contributed by atoms with E-state index in [1.807, 2.05) is 29.2 Å². The van der Waals surface area contributed by atoms with Gasteiger partial charge < -0.3 is 19.1 Å². The lowest BCUT2D eigenvalue weighted by atomic mass is 10.3. The molecule has 7 nitrogen and oxygen atoms in total. The number of hydrogen-bond acceptors (Lipinski definition) is 5. The molecule has 0 unspecified atom stereocenters. The van der Waals surface area contributed by atoms with E-state index < -0.39 is 0 Å². The van der Waals surface area contributed by atoms with Crippen molar-refractivity contribution in [3.63, 3.8) is 0 Å². The molecule has 3 rings (SSSR count). The largest absolute Gasteiger partial charge is 0.450 e. The van der Waals surface area contributed by atoms with Gasteiger partial charge in [0.25, 0.3) is 0 Å². The van der Waals surface area contributed by atoms with Crippen LogP contribution in [0.15, 0.2) is 29.4 Å². The number of aromatic nitrogens is 2. The summed E-state index contributed by atoms with van der Waals surface area (Å²) in [6.07, 6.45) is -0.300. The van der Waals surface area contributed by atoms with Gasteiger partial charge in [-0.1, -0.05) is 23.9 Å². The number of carbonyl (C=O) groups excluding carboxylic acids is 2. The van der Waals surface area contributed by atoms with Crippen molar-refractivity contribution >= 4 is 34.8 Å². The van der Waals surface area contributed by atoms with Gasteiger partial charge in [-0.2, -0.15) is 0 Å². The van der Waals surface area contributed by atoms with Gasteiger partial charge >= 0.3 is 6.09 Å². The fourth-order valence-corrected chi connectivity index (χ4v) is 4.02. The number of amides is 2. The molecule has 1 aliphatic heterocycles. The molecule has 26 heavy (non-hydrogen) atoms. The number of rotatable bonds is 5. The van der Waals surface area contributed by atoms with Gasteiger partial charge in [0.1, 0.15) is 0 Å². The van der Waals surface area contributed by atoms with Crippen molar-refractivity contribution in [3.05, 3.63) is 24.3 Å². The average molecular weight is 376 g/mol. The lowest BCUT2D eigenvalue weighted by molar-refractivity contribution is -0.129. The smallest absolute Gasteiger partial charge is 0.409 e. The summed E-state index contributed by atoms with van der Waals surface area (Å²) in [6.45, 7) is 7.17. The van der Waals surface area contributed by atoms with Gasteiger partial charge in [-0.25, -0.2) is 9.78 Å². The topological polar surface area (TPSA) is 67.7 Å². The number of fused-ring (bicyclic) bond motifs is 1. The second-order valence-electron chi connectivity index (χ2n) is 5.98. The number of hydrogen-bond donors (Lipinski definition) is 0. The Morgan fingerprint density at radius 3 is 2.50 bits per heavy atom. The summed E-state index contributed by atoms with van der Waals surface area (Å²) in [4.78, 5) is 32.3. The van der Waals surface area contributed by atoms with Crippen LogP contribution in [0, 0.1) is 0 Å². The highest BCUT2D eigenvalue weighted by atomic mass is 32.2. The summed E-state index contributed by atoms with van der Waals surface area (Å²) in [5, 5.41) is 0.868. The first-order valence-corrected chi connectivity index (χ1v) is 9.90. The third-order valence-corrected chi connectivity index (χ3v) is 5.38. The molecule has 0 aliphatic carbocycles. The Morgan fingerprint density at radius 2 is 1.81 bits per heavy atom. The molecule has 2 aromatic rings. The first-order valence-electron chi connectivity index (χ1n) is 8.91. The zero-order valence-electron chi connectivity index (χ0n) is 15.2. The van der Waals surface area contributed by atoms with Crippen molar-refractivity contribution in [2.24, 2.45) is 0 Å². The molecule has 0 bridgehead atoms. The molecule has 8 heteroatoms. The van der Waals surface area contributed by atoms with E-state index in [4.69, 9.17) is 4.74 Å². The van der Waals surface area contributed by atoms with Crippen molar-refractivity contribution in [1.29, 1.82) is 0 Å². The number of piperazine rings is 1. The minimum atomic E-state index is -0.300. The molecule has 0 N–H and O–H groups in total. The van der Waals surface area contributed by atoms with Crippen molar-refractivity contribution in [1.82, 2.24) is 19.4 Å². The van der Waals surface area contributed by atoms with E-state index in [1.165, 1.54) is 11.8 Å². The molecule has 2 amide bonds. The number of thioether (sulfide) groups is 1. The highest BCUT2D eigenvalue weighted by Crippen LogP contribution is 2.24. The van der Waals surface area contributed by atoms with Crippen LogP contribution in [-0.4, -0.2) is 69.9 Å². The van der Waals surface area contributed by atoms with Gasteiger partial charge in [-0.15, -0.1) is 0 Å². The molecule has 2 heterocycles. The number of carbonyl (C=O) groups is 2. The molecule has 1 fully saturated rings. The van der Waals surface area contributed by atoms with Crippen LogP contribution >= 0.6 is 11.8 Å². The van der Waals surface area contributed by atoms with E-state index in [9.17, 15) is 9.59 Å². The predicted molar refractivity (Wildman–Crippen MR) is 101 cm³/mol. The van der Waals surface area contributed by atoms with Crippen molar-refractivity contribution in [2.75, 3.05) is 38.5 Å². The number of aryl methyl sites for hydroxylation is 1. The van der Waals surface area contributed by atoms with E-state index in [1.54, 1.807) is 11.8 Å². The van der Waals surface area contributed by atoms with E-state index in [0.717, 1.165) is 22.7 Å². The average Bonchev–Trinajstić information content (AvgIpc) is 3.04. The molecule has 0 radical (unpaired) electrons. The van der Waals surface area contributed by atoms with Gasteiger partial charge in [-0.05, 0) is 26.0 Å². The Balaban J connectivity index is 1.56. The van der Waals surface area contributed by atoms with Crippen LogP contribution in [0.2, 0.25) is 0 Å². The summed E-state index contributed by atoms with van der Waals surface area (Å²) in [5.41, 5.74) is 2.04. The summed E-state index contributed by atoms with van der Waals surface area (Å²) >= 11 is 1.47. The fourth-order valence-electron chi connectivity index (χ4n) is 3.04. The normalized spacial score (nSPS) is 14.7. The Kier molecular flexibility index (Phi) is 6.03. The van der Waals surface area contributed by atoms with E-state index >= 15 is 0 Å². The Labute approximate surface area is 157 Å². The molecular formula is C18H24N4O3S. The molecule has 140 valence electrons. The number of nitrogens with zero attached hydrogens (tertiary/aromatic N) is 4. The highest BCUT2D eigenvalue weighted by Gasteiger charge is 2.25. The zero-order chi connectivity index (χ0) is 18.5. The maximum Gasteiger partial charge on any atom is 0.409 e. The van der Waals surface area contributed by atoms with Crippen molar-refractivity contribution < 1.29 is 14.3 Å². The summed E-state index contributed by atoms with van der Waals surface area (Å²) in [5.74, 6) is 0.427. The van der Waals surface area contributed by atoms with Crippen LogP contribution in [-0.2, 0) is 16.1 Å². The van der Waals surface area contributed by atoms with Crippen molar-refractivity contribution in [3.8, 4) is 0 Å². The molecule has 0 spiro atoms. The third kappa shape index (κ3) is 3.95. The number of para-hydroxylation sites is 2. The third-order valence-electron chi connectivity index (χ3n) is 4.42. The van der Waals surface area contributed by atoms with Crippen LogP contribution < -0.4 is 0 Å². The Hall–Kier alpha value is -2.22. The van der Waals surface area contributed by atoms with Crippen LogP contribution in [0.3, 0.4) is 0 Å². The maximum absolute atomic E-state index is 12.5. The fraction of sp³-hybridized carbons (Fsp3) is 0.500. The Bertz CT molecular complexity index is 784. The lowest BCUT2D eigenvalue weighted by Crippen LogP contribution is -2.51. The van der Waals surface area contributed by atoms with Crippen LogP contribution in [0.4, 0.5) is 4.79 Å². The second-order valence-corrected chi connectivity index (χ2v) is 6.93. The summed E-state index contributed by atoms with van der Waals surface area (Å²) < 4.78 is 7.14. The highest BCUT2D eigenvalue weighted by molar-refractivity contribution is 7.99. The van der Waals surface area contributed by atoms with Gasteiger partial charge in [0.2, 0.25) is 5.91 Å². The molecule has 1 saturated heterocycles. The Morgan fingerprint density at radius 1 is 1.12 bits per heavy atom. The summed E-state index contributed by atoms with van der Waals surface area (Å²) in [6, 6.07) is 8.01. The minimum Gasteiger partial charge on any atom is -0.450 e. The molecule has 0 atom stereocenters. The molecule has 1 aromatic heterocycles. The standard InChI is InChI=1S/C18H24N4O3S/c1-3-22-15-8-6-5-7-14(15)19-17(22)26-13-16(23)20-9-11-21(12-10-20)18(24)25-4-2/h5-8H,3-4,9-13H2,1-2H3. The zero-order valence-corrected chi connectivity index (χ0v) is 16.0. The molecular weight excluding hydrogens is 352 g/mol. The molecule has 0 saturated carbocycles. The first kappa shape index (κ1) is 18.6. The van der Waals surface area contributed by atoms with Crippen molar-refractivity contribution in [2.45, 2.75) is 25.5 Å². The van der Waals surface area contributed by atoms with E-state index in [2.05, 4.69) is 16.5 Å². The van der Waals surface area contributed by atoms with Gasteiger partial charge in [-0.3, -0.25) is 4.79 Å². The minimum absolute atomic E-state index is 0.0771. The van der Waals surface area contributed by atoms with Crippen LogP contribution in [0.25, 0.3) is 11.0 Å². The van der Waals surface area contributed by atoms with Crippen LogP contribution in [0.5, 0.6) is 0 Å². The van der Waals surface area contributed by atoms with E-state index in [-0.39, 0.29) is 12.0 Å². The first-order chi connectivity index (χ1) is 12.6. The van der Waals surface area contributed by atoms with Gasteiger partial charge in [0.05, 0.1) is 23.4 Å². The van der Waals surface area contributed by atoms with Gasteiger partial charge in [0, 0.05) is 32.7 Å². The van der Waals surface area contributed by atoms with Gasteiger partial charge in [0.15, 0.2) is 5.16 Å². The maximum atomic E-state index is 12.5. The monoisotopic (exact) mass is 376 g/mol. The lowest BCUT2D eigenvalue weighted by Gasteiger charge is -2.34. The molecule has 1 aromatic carbocycles. The quantitative estimate of drug-likeness (QED) is 0.750. The summed E-state index contributed by atoms with van der Waals surface area (Å²) in [7, 11) is 0. The predicted octanol–water partition coefficient (Wildman–Crippen LogP) is 2.45. The van der Waals surface area contributed by atoms with Crippen LogP contribution in [0.1, 0.15) is 13.8 Å². The SMILES string of the molecule is CCOC(=O)N1CCN(C(=O)CSc2nc3ccccc3n2CC)CC1. The number of benzene rings is 1. The van der Waals surface area contributed by atoms with E-state index in [0.29, 0.717) is 38.5 Å². The number of ether oxygens (including phenoxy) is 1. The number of imidazole rings is 1. The second kappa shape index (κ2) is 8.44. The molecule has 1 aliphatic rings.